The van der Waals surface area contributed by atoms with Crippen LogP contribution in [0.15, 0.2) is 35.3 Å². The van der Waals surface area contributed by atoms with Crippen LogP contribution in [0, 0.1) is 0 Å². The topological polar surface area (TPSA) is 41.6 Å². The number of hydrogen-bond donors (Lipinski definition) is 1. The molecule has 0 fully saturated rings. The van der Waals surface area contributed by atoms with Gasteiger partial charge in [0.1, 0.15) is 0 Å². The van der Waals surface area contributed by atoms with Gasteiger partial charge in [-0.1, -0.05) is 44.2 Å². The first-order valence-corrected chi connectivity index (χ1v) is 6.61. The van der Waals surface area contributed by atoms with E-state index in [4.69, 9.17) is 5.73 Å². The third kappa shape index (κ3) is 5.38. The van der Waals surface area contributed by atoms with Gasteiger partial charge in [-0.3, -0.25) is 4.99 Å². The Labute approximate surface area is 134 Å². The molecular formula is C15H26IN3. The summed E-state index contributed by atoms with van der Waals surface area (Å²) in [6, 6.07) is 10.4. The standard InChI is InChI=1S/C15H25N3.HI/c1-5-18(6-2)14(16)17-12-15(3,4)13-10-8-7-9-11-13;/h7-11H,5-6,12H2,1-4H3,(H2,16,17);1H. The maximum atomic E-state index is 6.00. The Morgan fingerprint density at radius 3 is 2.16 bits per heavy atom. The third-order valence-corrected chi connectivity index (χ3v) is 3.28. The van der Waals surface area contributed by atoms with Crippen molar-refractivity contribution in [3.05, 3.63) is 35.9 Å². The van der Waals surface area contributed by atoms with Gasteiger partial charge in [0.25, 0.3) is 0 Å². The van der Waals surface area contributed by atoms with Crippen LogP contribution in [-0.4, -0.2) is 30.5 Å². The summed E-state index contributed by atoms with van der Waals surface area (Å²) in [6.07, 6.45) is 0. The molecule has 0 radical (unpaired) electrons. The summed E-state index contributed by atoms with van der Waals surface area (Å²) in [7, 11) is 0. The average Bonchev–Trinajstić information content (AvgIpc) is 2.39. The van der Waals surface area contributed by atoms with Crippen LogP contribution >= 0.6 is 24.0 Å². The van der Waals surface area contributed by atoms with Crippen LogP contribution in [0.25, 0.3) is 0 Å². The Morgan fingerprint density at radius 1 is 1.16 bits per heavy atom. The fraction of sp³-hybridized carbons (Fsp3) is 0.533. The predicted molar refractivity (Wildman–Crippen MR) is 94.3 cm³/mol. The van der Waals surface area contributed by atoms with Gasteiger partial charge < -0.3 is 10.6 Å². The molecule has 19 heavy (non-hydrogen) atoms. The number of nitrogens with two attached hydrogens (primary N) is 1. The molecule has 3 nitrogen and oxygen atoms in total. The van der Waals surface area contributed by atoms with E-state index in [9.17, 15) is 0 Å². The summed E-state index contributed by atoms with van der Waals surface area (Å²) in [6.45, 7) is 11.1. The van der Waals surface area contributed by atoms with Crippen LogP contribution in [0.1, 0.15) is 33.3 Å². The van der Waals surface area contributed by atoms with E-state index in [1.54, 1.807) is 0 Å². The van der Waals surface area contributed by atoms with E-state index in [-0.39, 0.29) is 29.4 Å². The Bertz CT molecular complexity index is 384. The van der Waals surface area contributed by atoms with Crippen molar-refractivity contribution in [2.24, 2.45) is 10.7 Å². The number of aliphatic imine (C=N–C) groups is 1. The predicted octanol–water partition coefficient (Wildman–Crippen LogP) is 3.24. The van der Waals surface area contributed by atoms with Gasteiger partial charge in [-0.05, 0) is 19.4 Å². The molecule has 0 amide bonds. The first kappa shape index (κ1) is 18.2. The first-order valence-electron chi connectivity index (χ1n) is 6.61. The number of guanidine groups is 1. The summed E-state index contributed by atoms with van der Waals surface area (Å²) in [5, 5.41) is 0. The third-order valence-electron chi connectivity index (χ3n) is 3.28. The van der Waals surface area contributed by atoms with E-state index in [1.165, 1.54) is 5.56 Å². The molecule has 0 saturated carbocycles. The van der Waals surface area contributed by atoms with Crippen LogP contribution in [0.5, 0.6) is 0 Å². The highest BCUT2D eigenvalue weighted by Gasteiger charge is 2.20. The normalized spacial score (nSPS) is 11.9. The number of nitrogens with zero attached hydrogens (tertiary/aromatic N) is 2. The lowest BCUT2D eigenvalue weighted by Crippen LogP contribution is -2.38. The summed E-state index contributed by atoms with van der Waals surface area (Å²) in [5.74, 6) is 0.643. The fourth-order valence-electron chi connectivity index (χ4n) is 1.91. The van der Waals surface area contributed by atoms with Crippen LogP contribution in [-0.2, 0) is 5.41 Å². The minimum atomic E-state index is 0. The highest BCUT2D eigenvalue weighted by molar-refractivity contribution is 14.0. The molecule has 0 spiro atoms. The summed E-state index contributed by atoms with van der Waals surface area (Å²) >= 11 is 0. The molecule has 1 aromatic rings. The van der Waals surface area contributed by atoms with Crippen molar-refractivity contribution in [1.29, 1.82) is 0 Å². The minimum Gasteiger partial charge on any atom is -0.370 e. The molecule has 0 unspecified atom stereocenters. The Kier molecular flexibility index (Phi) is 8.06. The highest BCUT2D eigenvalue weighted by atomic mass is 127. The van der Waals surface area contributed by atoms with Crippen molar-refractivity contribution in [1.82, 2.24) is 4.90 Å². The summed E-state index contributed by atoms with van der Waals surface area (Å²) < 4.78 is 0. The van der Waals surface area contributed by atoms with E-state index < -0.39 is 0 Å². The van der Waals surface area contributed by atoms with Crippen LogP contribution in [0.2, 0.25) is 0 Å². The van der Waals surface area contributed by atoms with Crippen LogP contribution in [0.3, 0.4) is 0 Å². The molecule has 0 aliphatic carbocycles. The van der Waals surface area contributed by atoms with Crippen molar-refractivity contribution < 1.29 is 0 Å². The lowest BCUT2D eigenvalue weighted by molar-refractivity contribution is 0.451. The number of benzene rings is 1. The number of hydrogen-bond acceptors (Lipinski definition) is 1. The van der Waals surface area contributed by atoms with Crippen molar-refractivity contribution in [2.75, 3.05) is 19.6 Å². The molecule has 108 valence electrons. The summed E-state index contributed by atoms with van der Waals surface area (Å²) in [4.78, 5) is 6.61. The lowest BCUT2D eigenvalue weighted by atomic mass is 9.85. The second-order valence-corrected chi connectivity index (χ2v) is 5.10. The maximum Gasteiger partial charge on any atom is 0.191 e. The lowest BCUT2D eigenvalue weighted by Gasteiger charge is -2.25. The van der Waals surface area contributed by atoms with Gasteiger partial charge in [-0.2, -0.15) is 0 Å². The molecule has 0 bridgehead atoms. The molecule has 1 rings (SSSR count). The molecule has 2 N–H and O–H groups in total. The second kappa shape index (κ2) is 8.40. The first-order chi connectivity index (χ1) is 8.51. The SMILES string of the molecule is CCN(CC)C(N)=NCC(C)(C)c1ccccc1.I. The van der Waals surface area contributed by atoms with Gasteiger partial charge in [0, 0.05) is 18.5 Å². The van der Waals surface area contributed by atoms with Gasteiger partial charge >= 0.3 is 0 Å². The molecule has 0 heterocycles. The van der Waals surface area contributed by atoms with Gasteiger partial charge in [-0.15, -0.1) is 24.0 Å². The van der Waals surface area contributed by atoms with E-state index >= 15 is 0 Å². The van der Waals surface area contributed by atoms with Crippen LogP contribution in [0.4, 0.5) is 0 Å². The molecule has 0 atom stereocenters. The van der Waals surface area contributed by atoms with Gasteiger partial charge in [-0.25, -0.2) is 0 Å². The minimum absolute atomic E-state index is 0. The van der Waals surface area contributed by atoms with Gasteiger partial charge in [0.15, 0.2) is 5.96 Å². The average molecular weight is 375 g/mol. The number of halogens is 1. The Hall–Kier alpha value is -0.780. The fourth-order valence-corrected chi connectivity index (χ4v) is 1.91. The molecule has 0 aliphatic rings. The number of rotatable bonds is 5. The second-order valence-electron chi connectivity index (χ2n) is 5.10. The molecule has 1 aromatic carbocycles. The zero-order valence-electron chi connectivity index (χ0n) is 12.4. The molecule has 0 saturated heterocycles. The highest BCUT2D eigenvalue weighted by Crippen LogP contribution is 2.22. The Morgan fingerprint density at radius 2 is 1.68 bits per heavy atom. The molecule has 0 aromatic heterocycles. The van der Waals surface area contributed by atoms with E-state index in [0.717, 1.165) is 13.1 Å². The zero-order valence-corrected chi connectivity index (χ0v) is 14.7. The largest absolute Gasteiger partial charge is 0.370 e. The molecule has 0 aliphatic heterocycles. The monoisotopic (exact) mass is 375 g/mol. The Balaban J connectivity index is 0.00000324. The van der Waals surface area contributed by atoms with Crippen LogP contribution < -0.4 is 5.73 Å². The van der Waals surface area contributed by atoms with Crippen molar-refractivity contribution in [3.63, 3.8) is 0 Å². The van der Waals surface area contributed by atoms with Gasteiger partial charge in [0.05, 0.1) is 6.54 Å². The van der Waals surface area contributed by atoms with E-state index in [0.29, 0.717) is 12.5 Å². The summed E-state index contributed by atoms with van der Waals surface area (Å²) in [5.41, 5.74) is 7.31. The maximum absolute atomic E-state index is 6.00. The van der Waals surface area contributed by atoms with Gasteiger partial charge in [0.2, 0.25) is 0 Å². The molecular weight excluding hydrogens is 349 g/mol. The smallest absolute Gasteiger partial charge is 0.191 e. The molecule has 4 heteroatoms. The quantitative estimate of drug-likeness (QED) is 0.488. The van der Waals surface area contributed by atoms with Crippen molar-refractivity contribution in [3.8, 4) is 0 Å². The zero-order chi connectivity index (χ0) is 13.6. The van der Waals surface area contributed by atoms with E-state index in [1.807, 2.05) is 6.07 Å². The van der Waals surface area contributed by atoms with Crippen molar-refractivity contribution in [2.45, 2.75) is 33.1 Å². The van der Waals surface area contributed by atoms with Crippen molar-refractivity contribution >= 4 is 29.9 Å². The van der Waals surface area contributed by atoms with E-state index in [2.05, 4.69) is 61.9 Å².